The quantitative estimate of drug-likeness (QED) is 0.602. The lowest BCUT2D eigenvalue weighted by atomic mass is 10.0. The molecule has 6 heteroatoms. The summed E-state index contributed by atoms with van der Waals surface area (Å²) in [5.74, 6) is -1.87. The van der Waals surface area contributed by atoms with Gasteiger partial charge < -0.3 is 15.6 Å². The fourth-order valence-corrected chi connectivity index (χ4v) is 1.20. The first-order chi connectivity index (χ1) is 7.88. The second-order valence-corrected chi connectivity index (χ2v) is 3.83. The van der Waals surface area contributed by atoms with Crippen molar-refractivity contribution in [1.29, 1.82) is 0 Å². The van der Waals surface area contributed by atoms with Gasteiger partial charge in [-0.25, -0.2) is 0 Å². The highest BCUT2D eigenvalue weighted by Crippen LogP contribution is 2.05. The second-order valence-electron chi connectivity index (χ2n) is 3.83. The molecule has 0 bridgehead atoms. The monoisotopic (exact) mass is 245 g/mol. The topological polar surface area (TPSA) is 107 Å². The Balaban J connectivity index is 4.10. The van der Waals surface area contributed by atoms with E-state index < -0.39 is 29.9 Å². The molecule has 0 aromatic carbocycles. The fraction of sp³-hybridized carbons (Fsp3) is 0.727. The molecule has 0 aromatic heterocycles. The Morgan fingerprint density at radius 2 is 1.82 bits per heavy atom. The minimum atomic E-state index is -1.05. The van der Waals surface area contributed by atoms with Gasteiger partial charge in [-0.05, 0) is 13.3 Å². The molecule has 17 heavy (non-hydrogen) atoms. The molecule has 0 spiro atoms. The lowest BCUT2D eigenvalue weighted by Crippen LogP contribution is -2.42. The molecular formula is C11H19NO5. The van der Waals surface area contributed by atoms with Crippen molar-refractivity contribution in [1.82, 2.24) is 0 Å². The van der Waals surface area contributed by atoms with Crippen LogP contribution in [0.2, 0.25) is 0 Å². The summed E-state index contributed by atoms with van der Waals surface area (Å²) < 4.78 is 4.95. The van der Waals surface area contributed by atoms with Crippen LogP contribution in [0.3, 0.4) is 0 Å². The average Bonchev–Trinajstić information content (AvgIpc) is 2.24. The van der Waals surface area contributed by atoms with Crippen molar-refractivity contribution in [2.75, 3.05) is 0 Å². The van der Waals surface area contributed by atoms with Crippen LogP contribution >= 0.6 is 0 Å². The predicted octanol–water partition coefficient (Wildman–Crippen LogP) is 0.479. The molecule has 0 heterocycles. The van der Waals surface area contributed by atoms with Gasteiger partial charge in [-0.1, -0.05) is 6.92 Å². The van der Waals surface area contributed by atoms with Gasteiger partial charge >= 0.3 is 11.9 Å². The average molecular weight is 245 g/mol. The molecule has 6 nitrogen and oxygen atoms in total. The van der Waals surface area contributed by atoms with Gasteiger partial charge in [-0.15, -0.1) is 0 Å². The highest BCUT2D eigenvalue weighted by molar-refractivity contribution is 5.87. The standard InChI is InChI=1S/C11H19NO5/c1-3-4-10(16)17-7(2)11(12)8(13)5-6-9(14)15/h7,11H,3-6,12H2,1-2H3,(H,14,15). The van der Waals surface area contributed by atoms with Gasteiger partial charge in [0.15, 0.2) is 5.78 Å². The van der Waals surface area contributed by atoms with Crippen LogP contribution in [0.5, 0.6) is 0 Å². The molecule has 98 valence electrons. The zero-order chi connectivity index (χ0) is 13.4. The van der Waals surface area contributed by atoms with E-state index in [9.17, 15) is 14.4 Å². The van der Waals surface area contributed by atoms with Gasteiger partial charge in [0.05, 0.1) is 6.42 Å². The van der Waals surface area contributed by atoms with Gasteiger partial charge in [0, 0.05) is 12.8 Å². The number of carbonyl (C=O) groups is 3. The van der Waals surface area contributed by atoms with Crippen molar-refractivity contribution in [2.24, 2.45) is 5.73 Å². The molecule has 3 N–H and O–H groups in total. The summed E-state index contributed by atoms with van der Waals surface area (Å²) in [6.07, 6.45) is -0.196. The van der Waals surface area contributed by atoms with Crippen LogP contribution in [-0.2, 0) is 19.1 Å². The van der Waals surface area contributed by atoms with E-state index >= 15 is 0 Å². The van der Waals surface area contributed by atoms with E-state index in [4.69, 9.17) is 15.6 Å². The Hall–Kier alpha value is -1.43. The molecule has 0 radical (unpaired) electrons. The number of carboxylic acid groups (broad SMARTS) is 1. The summed E-state index contributed by atoms with van der Waals surface area (Å²) >= 11 is 0. The highest BCUT2D eigenvalue weighted by atomic mass is 16.5. The van der Waals surface area contributed by atoms with E-state index in [1.165, 1.54) is 6.92 Å². The largest absolute Gasteiger partial charge is 0.481 e. The Labute approximate surface area is 100 Å². The maximum absolute atomic E-state index is 11.4. The summed E-state index contributed by atoms with van der Waals surface area (Å²) in [7, 11) is 0. The third-order valence-corrected chi connectivity index (χ3v) is 2.23. The zero-order valence-corrected chi connectivity index (χ0v) is 10.1. The van der Waals surface area contributed by atoms with E-state index in [0.717, 1.165) is 0 Å². The zero-order valence-electron chi connectivity index (χ0n) is 10.1. The maximum atomic E-state index is 11.4. The number of carboxylic acids is 1. The SMILES string of the molecule is CCCC(=O)OC(C)C(N)C(=O)CCC(=O)O. The van der Waals surface area contributed by atoms with Crippen molar-refractivity contribution in [2.45, 2.75) is 51.7 Å². The van der Waals surface area contributed by atoms with E-state index in [2.05, 4.69) is 0 Å². The van der Waals surface area contributed by atoms with E-state index in [1.54, 1.807) is 0 Å². The number of aliphatic carboxylic acids is 1. The molecule has 0 saturated heterocycles. The molecule has 2 atom stereocenters. The summed E-state index contributed by atoms with van der Waals surface area (Å²) in [4.78, 5) is 32.9. The van der Waals surface area contributed by atoms with Crippen molar-refractivity contribution < 1.29 is 24.2 Å². The number of hydrogen-bond donors (Lipinski definition) is 2. The number of nitrogens with two attached hydrogens (primary N) is 1. The van der Waals surface area contributed by atoms with Crippen LogP contribution in [0.4, 0.5) is 0 Å². The normalized spacial score (nSPS) is 13.8. The number of hydrogen-bond acceptors (Lipinski definition) is 5. The van der Waals surface area contributed by atoms with Gasteiger partial charge in [-0.3, -0.25) is 14.4 Å². The summed E-state index contributed by atoms with van der Waals surface area (Å²) in [6, 6.07) is -0.963. The molecule has 0 fully saturated rings. The molecule has 0 aliphatic rings. The minimum Gasteiger partial charge on any atom is -0.481 e. The second kappa shape index (κ2) is 7.78. The number of esters is 1. The van der Waals surface area contributed by atoms with Gasteiger partial charge in [0.2, 0.25) is 0 Å². The van der Waals surface area contributed by atoms with Crippen LogP contribution < -0.4 is 5.73 Å². The Morgan fingerprint density at radius 3 is 2.29 bits per heavy atom. The predicted molar refractivity (Wildman–Crippen MR) is 60.3 cm³/mol. The van der Waals surface area contributed by atoms with E-state index in [0.29, 0.717) is 6.42 Å². The van der Waals surface area contributed by atoms with Crippen LogP contribution in [-0.4, -0.2) is 35.0 Å². The number of Topliss-reactive ketones (excluding diaryl/α,β-unsaturated/α-hetero) is 1. The highest BCUT2D eigenvalue weighted by Gasteiger charge is 2.23. The molecule has 0 amide bonds. The van der Waals surface area contributed by atoms with Gasteiger partial charge in [-0.2, -0.15) is 0 Å². The molecule has 0 aromatic rings. The van der Waals surface area contributed by atoms with Crippen LogP contribution in [0, 0.1) is 0 Å². The Kier molecular flexibility index (Phi) is 7.13. The van der Waals surface area contributed by atoms with Gasteiger partial charge in [0.25, 0.3) is 0 Å². The molecular weight excluding hydrogens is 226 g/mol. The van der Waals surface area contributed by atoms with Crippen molar-refractivity contribution in [3.8, 4) is 0 Å². The molecule has 0 aliphatic heterocycles. The van der Waals surface area contributed by atoms with Crippen LogP contribution in [0.15, 0.2) is 0 Å². The van der Waals surface area contributed by atoms with Crippen LogP contribution in [0.1, 0.15) is 39.5 Å². The Bertz CT molecular complexity index is 290. The fourth-order valence-electron chi connectivity index (χ4n) is 1.20. The van der Waals surface area contributed by atoms with Crippen molar-refractivity contribution in [3.63, 3.8) is 0 Å². The first-order valence-electron chi connectivity index (χ1n) is 5.58. The van der Waals surface area contributed by atoms with Crippen molar-refractivity contribution in [3.05, 3.63) is 0 Å². The smallest absolute Gasteiger partial charge is 0.306 e. The van der Waals surface area contributed by atoms with Gasteiger partial charge in [0.1, 0.15) is 12.1 Å². The molecule has 2 unspecified atom stereocenters. The lowest BCUT2D eigenvalue weighted by molar-refractivity contribution is -0.150. The third-order valence-electron chi connectivity index (χ3n) is 2.23. The van der Waals surface area contributed by atoms with E-state index in [-0.39, 0.29) is 19.3 Å². The third kappa shape index (κ3) is 6.68. The summed E-state index contributed by atoms with van der Waals surface area (Å²) in [5, 5.41) is 8.42. The summed E-state index contributed by atoms with van der Waals surface area (Å²) in [5.41, 5.74) is 5.57. The summed E-state index contributed by atoms with van der Waals surface area (Å²) in [6.45, 7) is 3.36. The number of ketones is 1. The molecule has 0 rings (SSSR count). The van der Waals surface area contributed by atoms with E-state index in [1.807, 2.05) is 6.92 Å². The van der Waals surface area contributed by atoms with Crippen LogP contribution in [0.25, 0.3) is 0 Å². The minimum absolute atomic E-state index is 0.147. The lowest BCUT2D eigenvalue weighted by Gasteiger charge is -2.19. The van der Waals surface area contributed by atoms with Crippen molar-refractivity contribution >= 4 is 17.7 Å². The maximum Gasteiger partial charge on any atom is 0.306 e. The Morgan fingerprint density at radius 1 is 1.24 bits per heavy atom. The number of rotatable bonds is 8. The number of carbonyl (C=O) groups excluding carboxylic acids is 2. The first-order valence-corrected chi connectivity index (χ1v) is 5.58. The molecule has 0 aliphatic carbocycles. The first kappa shape index (κ1) is 15.6. The number of ether oxygens (including phenoxy) is 1. The molecule has 0 saturated carbocycles.